The molecular weight excluding hydrogens is 260 g/mol. The molecule has 21 heavy (non-hydrogen) atoms. The van der Waals surface area contributed by atoms with E-state index in [9.17, 15) is 0 Å². The molecule has 2 heteroatoms. The molecule has 0 aliphatic heterocycles. The van der Waals surface area contributed by atoms with Gasteiger partial charge in [-0.05, 0) is 36.8 Å². The van der Waals surface area contributed by atoms with Crippen LogP contribution in [0.4, 0.5) is 0 Å². The van der Waals surface area contributed by atoms with E-state index in [1.165, 1.54) is 30.4 Å². The van der Waals surface area contributed by atoms with E-state index in [0.717, 1.165) is 17.9 Å². The summed E-state index contributed by atoms with van der Waals surface area (Å²) in [5, 5.41) is 0. The van der Waals surface area contributed by atoms with Crippen LogP contribution in [0.2, 0.25) is 0 Å². The van der Waals surface area contributed by atoms with E-state index in [-0.39, 0.29) is 10.8 Å². The van der Waals surface area contributed by atoms with Crippen molar-refractivity contribution in [3.63, 3.8) is 0 Å². The van der Waals surface area contributed by atoms with Gasteiger partial charge >= 0.3 is 0 Å². The zero-order valence-electron chi connectivity index (χ0n) is 13.9. The van der Waals surface area contributed by atoms with E-state index in [2.05, 4.69) is 32.9 Å². The van der Waals surface area contributed by atoms with Crippen LogP contribution >= 0.6 is 0 Å². The molecule has 0 unspecified atom stereocenters. The minimum absolute atomic E-state index is 0.0786. The van der Waals surface area contributed by atoms with E-state index in [4.69, 9.17) is 9.47 Å². The number of rotatable bonds is 2. The molecule has 0 radical (unpaired) electrons. The number of fused-ring (bicyclic) bond motifs is 3. The predicted octanol–water partition coefficient (Wildman–Crippen LogP) is 4.65. The van der Waals surface area contributed by atoms with Gasteiger partial charge in [0.1, 0.15) is 11.5 Å². The van der Waals surface area contributed by atoms with Gasteiger partial charge in [-0.2, -0.15) is 0 Å². The predicted molar refractivity (Wildman–Crippen MR) is 86.3 cm³/mol. The first-order chi connectivity index (χ1) is 9.94. The Morgan fingerprint density at radius 1 is 0.952 bits per heavy atom. The Bertz CT molecular complexity index is 598. The molecule has 2 aliphatic carbocycles. The van der Waals surface area contributed by atoms with E-state index < -0.39 is 0 Å². The van der Waals surface area contributed by atoms with Crippen molar-refractivity contribution in [2.75, 3.05) is 14.2 Å². The fourth-order valence-corrected chi connectivity index (χ4v) is 4.64. The van der Waals surface area contributed by atoms with Crippen LogP contribution in [0.25, 0.3) is 0 Å². The van der Waals surface area contributed by atoms with Crippen LogP contribution in [-0.4, -0.2) is 14.2 Å². The molecule has 3 rings (SSSR count). The standard InChI is InChI=1S/C19H26O2/c1-18(2)11-6-12-19(3)16(18)10-7-13-14(20-4)8-9-15(21-5)17(13)19/h8-10H,6-7,11-12H2,1-5H3/t19-/m0/s1. The Morgan fingerprint density at radius 2 is 1.62 bits per heavy atom. The summed E-state index contributed by atoms with van der Waals surface area (Å²) in [6, 6.07) is 4.10. The summed E-state index contributed by atoms with van der Waals surface area (Å²) in [4.78, 5) is 0. The highest BCUT2D eigenvalue weighted by Crippen LogP contribution is 2.57. The lowest BCUT2D eigenvalue weighted by Crippen LogP contribution is -2.40. The van der Waals surface area contributed by atoms with Gasteiger partial charge in [0.15, 0.2) is 0 Å². The van der Waals surface area contributed by atoms with Gasteiger partial charge in [-0.25, -0.2) is 0 Å². The third-order valence-electron chi connectivity index (χ3n) is 5.54. The average molecular weight is 286 g/mol. The van der Waals surface area contributed by atoms with Crippen LogP contribution in [0.5, 0.6) is 11.5 Å². The molecule has 0 spiro atoms. The maximum Gasteiger partial charge on any atom is 0.123 e. The summed E-state index contributed by atoms with van der Waals surface area (Å²) in [6.07, 6.45) is 7.13. The summed E-state index contributed by atoms with van der Waals surface area (Å²) < 4.78 is 11.3. The number of allylic oxidation sites excluding steroid dienone is 2. The summed E-state index contributed by atoms with van der Waals surface area (Å²) in [5.74, 6) is 2.00. The van der Waals surface area contributed by atoms with Crippen molar-refractivity contribution >= 4 is 0 Å². The Morgan fingerprint density at radius 3 is 2.29 bits per heavy atom. The number of ether oxygens (including phenoxy) is 2. The molecule has 1 aromatic carbocycles. The minimum Gasteiger partial charge on any atom is -0.496 e. The molecule has 1 atom stereocenters. The van der Waals surface area contributed by atoms with Gasteiger partial charge in [0.25, 0.3) is 0 Å². The lowest BCUT2D eigenvalue weighted by atomic mass is 9.55. The lowest BCUT2D eigenvalue weighted by Gasteiger charge is -2.49. The van der Waals surface area contributed by atoms with Gasteiger partial charge in [0.2, 0.25) is 0 Å². The van der Waals surface area contributed by atoms with E-state index in [0.29, 0.717) is 0 Å². The highest BCUT2D eigenvalue weighted by atomic mass is 16.5. The second-order valence-electron chi connectivity index (χ2n) is 7.22. The molecule has 0 bridgehead atoms. The van der Waals surface area contributed by atoms with Crippen LogP contribution in [0.1, 0.15) is 51.2 Å². The molecule has 1 aromatic rings. The molecule has 2 aliphatic rings. The van der Waals surface area contributed by atoms with Gasteiger partial charge in [-0.3, -0.25) is 0 Å². The first-order valence-corrected chi connectivity index (χ1v) is 7.89. The molecule has 2 nitrogen and oxygen atoms in total. The molecule has 1 saturated carbocycles. The van der Waals surface area contributed by atoms with Gasteiger partial charge in [-0.1, -0.05) is 38.8 Å². The number of hydrogen-bond acceptors (Lipinski definition) is 2. The Labute approximate surface area is 128 Å². The van der Waals surface area contributed by atoms with Crippen LogP contribution in [0, 0.1) is 5.41 Å². The number of benzene rings is 1. The second-order valence-corrected chi connectivity index (χ2v) is 7.22. The van der Waals surface area contributed by atoms with Crippen LogP contribution in [-0.2, 0) is 11.8 Å². The molecule has 0 N–H and O–H groups in total. The van der Waals surface area contributed by atoms with Crippen molar-refractivity contribution in [1.82, 2.24) is 0 Å². The molecule has 114 valence electrons. The normalized spacial score (nSPS) is 26.4. The topological polar surface area (TPSA) is 18.5 Å². The van der Waals surface area contributed by atoms with Crippen molar-refractivity contribution in [1.29, 1.82) is 0 Å². The maximum atomic E-state index is 5.71. The Balaban J connectivity index is 2.25. The summed E-state index contributed by atoms with van der Waals surface area (Å²) in [7, 11) is 3.53. The number of methoxy groups -OCH3 is 2. The first-order valence-electron chi connectivity index (χ1n) is 7.89. The third kappa shape index (κ3) is 1.99. The van der Waals surface area contributed by atoms with Crippen LogP contribution in [0.3, 0.4) is 0 Å². The fourth-order valence-electron chi connectivity index (χ4n) is 4.64. The van der Waals surface area contributed by atoms with Crippen molar-refractivity contribution in [2.24, 2.45) is 5.41 Å². The van der Waals surface area contributed by atoms with Gasteiger partial charge in [0, 0.05) is 16.5 Å². The minimum atomic E-state index is 0.0786. The van der Waals surface area contributed by atoms with Gasteiger partial charge in [-0.15, -0.1) is 0 Å². The Hall–Kier alpha value is -1.44. The summed E-state index contributed by atoms with van der Waals surface area (Å²) in [5.41, 5.74) is 4.60. The van der Waals surface area contributed by atoms with Crippen molar-refractivity contribution in [3.8, 4) is 11.5 Å². The molecule has 0 heterocycles. The fraction of sp³-hybridized carbons (Fsp3) is 0.579. The highest BCUT2D eigenvalue weighted by Gasteiger charge is 2.46. The van der Waals surface area contributed by atoms with Crippen LogP contribution in [0.15, 0.2) is 23.8 Å². The van der Waals surface area contributed by atoms with E-state index in [1.54, 1.807) is 19.8 Å². The smallest absolute Gasteiger partial charge is 0.123 e. The zero-order valence-corrected chi connectivity index (χ0v) is 13.9. The molecule has 0 saturated heterocycles. The molecular formula is C19H26O2. The van der Waals surface area contributed by atoms with Crippen molar-refractivity contribution in [2.45, 2.75) is 51.9 Å². The maximum absolute atomic E-state index is 5.71. The molecule has 0 amide bonds. The van der Waals surface area contributed by atoms with Gasteiger partial charge in [0.05, 0.1) is 14.2 Å². The average Bonchev–Trinajstić information content (AvgIpc) is 2.45. The SMILES string of the molecule is COc1ccc(OC)c2c1CC=C1C(C)(C)CCC[C@@]12C. The quantitative estimate of drug-likeness (QED) is 0.736. The van der Waals surface area contributed by atoms with E-state index >= 15 is 0 Å². The lowest BCUT2D eigenvalue weighted by molar-refractivity contribution is 0.247. The highest BCUT2D eigenvalue weighted by molar-refractivity contribution is 5.60. The van der Waals surface area contributed by atoms with Crippen molar-refractivity contribution in [3.05, 3.63) is 34.9 Å². The number of hydrogen-bond donors (Lipinski definition) is 0. The van der Waals surface area contributed by atoms with Gasteiger partial charge < -0.3 is 9.47 Å². The largest absolute Gasteiger partial charge is 0.496 e. The summed E-state index contributed by atoms with van der Waals surface area (Å²) >= 11 is 0. The zero-order chi connectivity index (χ0) is 15.3. The second kappa shape index (κ2) is 4.79. The molecule has 1 fully saturated rings. The Kier molecular flexibility index (Phi) is 3.31. The monoisotopic (exact) mass is 286 g/mol. The van der Waals surface area contributed by atoms with Crippen molar-refractivity contribution < 1.29 is 9.47 Å². The third-order valence-corrected chi connectivity index (χ3v) is 5.54. The van der Waals surface area contributed by atoms with Crippen LogP contribution < -0.4 is 9.47 Å². The summed E-state index contributed by atoms with van der Waals surface area (Å²) in [6.45, 7) is 7.15. The first kappa shape index (κ1) is 14.5. The molecule has 0 aromatic heterocycles. The van der Waals surface area contributed by atoms with E-state index in [1.807, 2.05) is 6.07 Å².